The third kappa shape index (κ3) is 6.13. The first-order chi connectivity index (χ1) is 19.1. The number of furan rings is 1. The molecule has 9 nitrogen and oxygen atoms in total. The molecular weight excluding hydrogens is 526 g/mol. The van der Waals surface area contributed by atoms with Gasteiger partial charge in [0.25, 0.3) is 11.6 Å². The molecule has 1 aromatic carbocycles. The van der Waals surface area contributed by atoms with Gasteiger partial charge in [0.05, 0.1) is 23.3 Å². The molecule has 2 aromatic heterocycles. The van der Waals surface area contributed by atoms with Crippen molar-refractivity contribution in [1.29, 1.82) is 0 Å². The molecule has 1 amide bonds. The lowest BCUT2D eigenvalue weighted by Crippen LogP contribution is -2.44. The van der Waals surface area contributed by atoms with E-state index in [-0.39, 0.29) is 21.9 Å². The number of anilines is 1. The molecule has 1 N–H and O–H groups in total. The molecule has 1 saturated heterocycles. The number of piperazine rings is 1. The molecule has 40 heavy (non-hydrogen) atoms. The first kappa shape index (κ1) is 28.0. The summed E-state index contributed by atoms with van der Waals surface area (Å²) in [5, 5.41) is 15.2. The maximum Gasteiger partial charge on any atom is 0.270 e. The van der Waals surface area contributed by atoms with Gasteiger partial charge < -0.3 is 19.5 Å². The SMILES string of the molecule is CN1CCN(c2ccc([N+](=O)[O-])cc2C=Nc2sc3c(c2C(=O)NCc2ccco2)CC[C@H](C(C)(C)C)C3)CC1. The Kier molecular flexibility index (Phi) is 8.09. The highest BCUT2D eigenvalue weighted by atomic mass is 32.1. The summed E-state index contributed by atoms with van der Waals surface area (Å²) in [6.07, 6.45) is 6.06. The van der Waals surface area contributed by atoms with E-state index in [1.807, 2.05) is 12.1 Å². The Labute approximate surface area is 239 Å². The molecular formula is C30H37N5O4S. The number of non-ortho nitro benzene ring substituents is 1. The van der Waals surface area contributed by atoms with Crippen LogP contribution < -0.4 is 10.2 Å². The molecule has 0 saturated carbocycles. The van der Waals surface area contributed by atoms with Gasteiger partial charge in [0.15, 0.2) is 0 Å². The van der Waals surface area contributed by atoms with Crippen LogP contribution in [-0.2, 0) is 19.4 Å². The molecule has 10 heteroatoms. The average molecular weight is 564 g/mol. The van der Waals surface area contributed by atoms with Crippen molar-refractivity contribution >= 4 is 39.8 Å². The Hall–Kier alpha value is -3.50. The van der Waals surface area contributed by atoms with Gasteiger partial charge >= 0.3 is 0 Å². The van der Waals surface area contributed by atoms with Crippen molar-refractivity contribution in [2.24, 2.45) is 16.3 Å². The first-order valence-electron chi connectivity index (χ1n) is 13.8. The zero-order chi connectivity index (χ0) is 28.4. The third-order valence-corrected chi connectivity index (χ3v) is 9.25. The van der Waals surface area contributed by atoms with E-state index in [0.29, 0.717) is 34.4 Å². The number of nitro benzene ring substituents is 1. The number of rotatable bonds is 7. The first-order valence-corrected chi connectivity index (χ1v) is 14.6. The number of carbonyl (C=O) groups excluding carboxylic acids is 1. The molecule has 1 atom stereocenters. The molecule has 5 rings (SSSR count). The van der Waals surface area contributed by atoms with Crippen molar-refractivity contribution in [2.45, 2.75) is 46.6 Å². The summed E-state index contributed by atoms with van der Waals surface area (Å²) >= 11 is 1.57. The minimum absolute atomic E-state index is 0.0224. The van der Waals surface area contributed by atoms with Gasteiger partial charge in [-0.2, -0.15) is 0 Å². The molecule has 3 aromatic rings. The van der Waals surface area contributed by atoms with Crippen LogP contribution in [0.5, 0.6) is 0 Å². The summed E-state index contributed by atoms with van der Waals surface area (Å²) in [4.78, 5) is 35.3. The molecule has 1 aliphatic heterocycles. The standard InChI is InChI=1S/C30H37N5O4S/c1-30(2,3)21-7-9-24-26(17-21)40-29(27(24)28(36)31-19-23-6-5-15-39-23)32-18-20-16-22(35(37)38)8-10-25(20)34-13-11-33(4)12-14-34/h5-6,8,10,15-16,18,21H,7,9,11-14,17,19H2,1-4H3,(H,31,36)/t21-/m0/s1. The van der Waals surface area contributed by atoms with Crippen molar-refractivity contribution in [3.63, 3.8) is 0 Å². The number of carbonyl (C=O) groups is 1. The molecule has 212 valence electrons. The molecule has 1 fully saturated rings. The Morgan fingerprint density at radius 1 is 1.25 bits per heavy atom. The van der Waals surface area contributed by atoms with E-state index in [0.717, 1.165) is 56.7 Å². The number of benzene rings is 1. The van der Waals surface area contributed by atoms with Crippen LogP contribution in [0.4, 0.5) is 16.4 Å². The van der Waals surface area contributed by atoms with Crippen LogP contribution in [0.1, 0.15) is 59.3 Å². The predicted molar refractivity (Wildman–Crippen MR) is 159 cm³/mol. The Morgan fingerprint density at radius 2 is 2.02 bits per heavy atom. The fourth-order valence-electron chi connectivity index (χ4n) is 5.53. The monoisotopic (exact) mass is 563 g/mol. The van der Waals surface area contributed by atoms with Crippen molar-refractivity contribution < 1.29 is 14.1 Å². The quantitative estimate of drug-likeness (QED) is 0.220. The van der Waals surface area contributed by atoms with Gasteiger partial charge in [-0.25, -0.2) is 4.99 Å². The second-order valence-corrected chi connectivity index (χ2v) is 12.9. The van der Waals surface area contributed by atoms with E-state index in [1.54, 1.807) is 42.0 Å². The summed E-state index contributed by atoms with van der Waals surface area (Å²) in [6, 6.07) is 8.58. The predicted octanol–water partition coefficient (Wildman–Crippen LogP) is 5.83. The number of hydrogen-bond acceptors (Lipinski definition) is 8. The normalized spacial score (nSPS) is 18.2. The van der Waals surface area contributed by atoms with Crippen LogP contribution in [0.2, 0.25) is 0 Å². The molecule has 2 aliphatic rings. The zero-order valence-electron chi connectivity index (χ0n) is 23.6. The third-order valence-electron chi connectivity index (χ3n) is 8.09. The van der Waals surface area contributed by atoms with Crippen LogP contribution in [-0.4, -0.2) is 55.2 Å². The number of hydrogen-bond donors (Lipinski definition) is 1. The minimum Gasteiger partial charge on any atom is -0.467 e. The number of nitrogens with zero attached hydrogens (tertiary/aromatic N) is 4. The second-order valence-electron chi connectivity index (χ2n) is 11.8. The topological polar surface area (TPSA) is 104 Å². The summed E-state index contributed by atoms with van der Waals surface area (Å²) in [6.45, 7) is 10.6. The average Bonchev–Trinajstić information content (AvgIpc) is 3.57. The van der Waals surface area contributed by atoms with Crippen molar-refractivity contribution in [1.82, 2.24) is 10.2 Å². The molecule has 1 aliphatic carbocycles. The van der Waals surface area contributed by atoms with E-state index >= 15 is 0 Å². The van der Waals surface area contributed by atoms with Crippen LogP contribution in [0.25, 0.3) is 0 Å². The summed E-state index contributed by atoms with van der Waals surface area (Å²) in [5.74, 6) is 1.03. The molecule has 0 bridgehead atoms. The van der Waals surface area contributed by atoms with Crippen LogP contribution in [0.3, 0.4) is 0 Å². The lowest BCUT2D eigenvalue weighted by Gasteiger charge is -2.34. The highest BCUT2D eigenvalue weighted by Gasteiger charge is 2.33. The van der Waals surface area contributed by atoms with E-state index in [2.05, 4.69) is 42.9 Å². The largest absolute Gasteiger partial charge is 0.467 e. The molecule has 3 heterocycles. The lowest BCUT2D eigenvalue weighted by molar-refractivity contribution is -0.384. The summed E-state index contributed by atoms with van der Waals surface area (Å²) in [7, 11) is 2.09. The summed E-state index contributed by atoms with van der Waals surface area (Å²) in [5.41, 5.74) is 3.48. The Bertz CT molecular complexity index is 1400. The van der Waals surface area contributed by atoms with E-state index in [1.165, 1.54) is 4.88 Å². The van der Waals surface area contributed by atoms with Crippen LogP contribution in [0.15, 0.2) is 46.0 Å². The van der Waals surface area contributed by atoms with Crippen molar-refractivity contribution in [3.8, 4) is 0 Å². The Morgan fingerprint density at radius 3 is 2.70 bits per heavy atom. The lowest BCUT2D eigenvalue weighted by atomic mass is 9.72. The Balaban J connectivity index is 1.50. The molecule has 0 unspecified atom stereocenters. The van der Waals surface area contributed by atoms with Gasteiger partial charge in [-0.1, -0.05) is 20.8 Å². The van der Waals surface area contributed by atoms with Crippen molar-refractivity contribution in [3.05, 3.63) is 74.0 Å². The number of nitrogens with one attached hydrogen (secondary N) is 1. The number of nitro groups is 1. The fourth-order valence-corrected chi connectivity index (χ4v) is 6.80. The number of thiophene rings is 1. The molecule has 0 radical (unpaired) electrons. The van der Waals surface area contributed by atoms with Gasteiger partial charge in [-0.15, -0.1) is 11.3 Å². The number of likely N-dealkylation sites (N-methyl/N-ethyl adjacent to an activating group) is 1. The number of aliphatic imine (C=N–C) groups is 1. The van der Waals surface area contributed by atoms with E-state index in [4.69, 9.17) is 9.41 Å². The smallest absolute Gasteiger partial charge is 0.270 e. The number of amides is 1. The minimum atomic E-state index is -0.380. The van der Waals surface area contributed by atoms with Gasteiger partial charge in [0.2, 0.25) is 0 Å². The van der Waals surface area contributed by atoms with Gasteiger partial charge in [-0.3, -0.25) is 14.9 Å². The maximum atomic E-state index is 13.5. The van der Waals surface area contributed by atoms with Gasteiger partial charge in [0.1, 0.15) is 10.8 Å². The van der Waals surface area contributed by atoms with E-state index in [9.17, 15) is 14.9 Å². The van der Waals surface area contributed by atoms with Crippen molar-refractivity contribution in [2.75, 3.05) is 38.1 Å². The zero-order valence-corrected chi connectivity index (χ0v) is 24.4. The number of fused-ring (bicyclic) bond motifs is 1. The van der Waals surface area contributed by atoms with E-state index < -0.39 is 0 Å². The highest BCUT2D eigenvalue weighted by Crippen LogP contribution is 2.45. The van der Waals surface area contributed by atoms with Gasteiger partial charge in [0, 0.05) is 60.7 Å². The highest BCUT2D eigenvalue weighted by molar-refractivity contribution is 7.16. The fraction of sp³-hybridized carbons (Fsp3) is 0.467. The summed E-state index contributed by atoms with van der Waals surface area (Å²) < 4.78 is 5.40. The van der Waals surface area contributed by atoms with Crippen LogP contribution >= 0.6 is 11.3 Å². The van der Waals surface area contributed by atoms with Crippen LogP contribution in [0, 0.1) is 21.4 Å². The second kappa shape index (κ2) is 11.5. The maximum absolute atomic E-state index is 13.5. The van der Waals surface area contributed by atoms with Gasteiger partial charge in [-0.05, 0) is 61.4 Å². The molecule has 0 spiro atoms.